The molecule has 0 aliphatic rings. The zero-order valence-electron chi connectivity index (χ0n) is 20.5. The van der Waals surface area contributed by atoms with Crippen LogP contribution in [0.5, 0.6) is 11.5 Å². The van der Waals surface area contributed by atoms with E-state index in [9.17, 15) is 9.18 Å². The van der Waals surface area contributed by atoms with Gasteiger partial charge in [0.25, 0.3) is 5.89 Å². The lowest BCUT2D eigenvalue weighted by Gasteiger charge is -2.11. The van der Waals surface area contributed by atoms with Crippen LogP contribution >= 0.6 is 0 Å². The number of aromatic nitrogens is 4. The lowest BCUT2D eigenvalue weighted by Crippen LogP contribution is -2.19. The Balaban J connectivity index is 1.18. The van der Waals surface area contributed by atoms with Crippen LogP contribution in [-0.2, 0) is 6.54 Å². The van der Waals surface area contributed by atoms with E-state index in [1.54, 1.807) is 50.0 Å². The maximum Gasteiger partial charge on any atom is 0.323 e. The zero-order chi connectivity index (χ0) is 26.5. The van der Waals surface area contributed by atoms with E-state index in [1.165, 1.54) is 19.2 Å². The summed E-state index contributed by atoms with van der Waals surface area (Å²) in [5.41, 5.74) is 3.37. The first-order chi connectivity index (χ1) is 18.5. The molecule has 0 bridgehead atoms. The average molecular weight is 515 g/mol. The van der Waals surface area contributed by atoms with Crippen LogP contribution in [0.3, 0.4) is 0 Å². The number of hydrogen-bond acceptors (Lipinski definition) is 7. The third-order valence-corrected chi connectivity index (χ3v) is 5.60. The number of imidazole rings is 1. The van der Waals surface area contributed by atoms with Gasteiger partial charge in [0.2, 0.25) is 5.82 Å². The van der Waals surface area contributed by atoms with Gasteiger partial charge in [-0.1, -0.05) is 17.3 Å². The summed E-state index contributed by atoms with van der Waals surface area (Å²) < 4.78 is 30.8. The number of nitrogens with one attached hydrogen (secondary N) is 2. The molecule has 0 atom stereocenters. The number of ether oxygens (including phenoxy) is 2. The van der Waals surface area contributed by atoms with Crippen molar-refractivity contribution in [2.24, 2.45) is 0 Å². The minimum atomic E-state index is -0.385. The van der Waals surface area contributed by atoms with Crippen molar-refractivity contribution in [3.8, 4) is 34.5 Å². The highest BCUT2D eigenvalue weighted by molar-refractivity contribution is 5.99. The van der Waals surface area contributed by atoms with Gasteiger partial charge in [-0.15, -0.1) is 0 Å². The highest BCUT2D eigenvalue weighted by atomic mass is 19.1. The van der Waals surface area contributed by atoms with Crippen LogP contribution in [0.1, 0.15) is 5.56 Å². The smallest absolute Gasteiger partial charge is 0.323 e. The molecule has 0 spiro atoms. The summed E-state index contributed by atoms with van der Waals surface area (Å²) in [5.74, 6) is 1.38. The predicted molar refractivity (Wildman–Crippen MR) is 139 cm³/mol. The summed E-state index contributed by atoms with van der Waals surface area (Å²) in [6.45, 7) is 0.546. The number of urea groups is 1. The van der Waals surface area contributed by atoms with E-state index < -0.39 is 0 Å². The molecular formula is C27H23FN6O4. The first kappa shape index (κ1) is 24.5. The molecule has 38 heavy (non-hydrogen) atoms. The molecule has 11 heteroatoms. The quantitative estimate of drug-likeness (QED) is 0.283. The molecule has 0 unspecified atom stereocenters. The molecule has 2 N–H and O–H groups in total. The van der Waals surface area contributed by atoms with E-state index in [2.05, 4.69) is 25.8 Å². The number of benzene rings is 3. The number of amides is 2. The van der Waals surface area contributed by atoms with Gasteiger partial charge in [0.1, 0.15) is 11.5 Å². The van der Waals surface area contributed by atoms with Gasteiger partial charge in [0.05, 0.1) is 20.5 Å². The second-order valence-electron chi connectivity index (χ2n) is 8.21. The fourth-order valence-electron chi connectivity index (χ4n) is 3.71. The number of methoxy groups -OCH3 is 2. The highest BCUT2D eigenvalue weighted by Crippen LogP contribution is 2.30. The van der Waals surface area contributed by atoms with Crippen molar-refractivity contribution in [3.05, 3.63) is 90.6 Å². The molecule has 5 rings (SSSR count). The summed E-state index contributed by atoms with van der Waals surface area (Å²) in [6.07, 6.45) is 3.46. The van der Waals surface area contributed by atoms with Crippen LogP contribution in [0.15, 0.2) is 83.8 Å². The number of halogens is 1. The third kappa shape index (κ3) is 5.62. The number of rotatable bonds is 8. The largest absolute Gasteiger partial charge is 0.493 e. The van der Waals surface area contributed by atoms with E-state index >= 15 is 0 Å². The van der Waals surface area contributed by atoms with Gasteiger partial charge < -0.3 is 29.2 Å². The normalized spacial score (nSPS) is 10.7. The lowest BCUT2D eigenvalue weighted by molar-refractivity contribution is 0.262. The number of anilines is 2. The zero-order valence-corrected chi connectivity index (χ0v) is 20.5. The molecule has 10 nitrogen and oxygen atoms in total. The average Bonchev–Trinajstić information content (AvgIpc) is 3.60. The molecule has 2 heterocycles. The van der Waals surface area contributed by atoms with E-state index in [0.717, 1.165) is 5.56 Å². The highest BCUT2D eigenvalue weighted by Gasteiger charge is 2.14. The Kier molecular flexibility index (Phi) is 6.98. The molecule has 3 aromatic carbocycles. The second kappa shape index (κ2) is 10.8. The number of hydrogen-bond donors (Lipinski definition) is 2. The molecule has 2 aromatic heterocycles. The van der Waals surface area contributed by atoms with Crippen LogP contribution in [0.4, 0.5) is 20.6 Å². The summed E-state index contributed by atoms with van der Waals surface area (Å²) in [5, 5.41) is 9.52. The molecule has 192 valence electrons. The minimum Gasteiger partial charge on any atom is -0.493 e. The Bertz CT molecular complexity index is 1550. The Hall–Kier alpha value is -5.19. The van der Waals surface area contributed by atoms with Gasteiger partial charge in [-0.25, -0.2) is 14.2 Å². The van der Waals surface area contributed by atoms with Crippen molar-refractivity contribution >= 4 is 17.4 Å². The van der Waals surface area contributed by atoms with E-state index in [0.29, 0.717) is 46.5 Å². The third-order valence-electron chi connectivity index (χ3n) is 5.60. The van der Waals surface area contributed by atoms with Crippen LogP contribution in [-0.4, -0.2) is 39.9 Å². The Labute approximate surface area is 217 Å². The molecule has 0 aliphatic carbocycles. The molecule has 0 aliphatic heterocycles. The summed E-state index contributed by atoms with van der Waals surface area (Å²) >= 11 is 0. The molecular weight excluding hydrogens is 491 g/mol. The SMILES string of the molecule is COc1ccc(NC(=O)Nc2ccc(Cn3cnc(-c4nc(-c5ccc(F)cc5)no4)c3)cc2)cc1OC. The maximum atomic E-state index is 13.2. The fraction of sp³-hybridized carbons (Fsp3) is 0.111. The predicted octanol–water partition coefficient (Wildman–Crippen LogP) is 5.45. The Morgan fingerprint density at radius 1 is 0.947 bits per heavy atom. The monoisotopic (exact) mass is 514 g/mol. The molecule has 0 saturated carbocycles. The van der Waals surface area contributed by atoms with Crippen LogP contribution in [0, 0.1) is 5.82 Å². The summed E-state index contributed by atoms with van der Waals surface area (Å²) in [6, 6.07) is 18.0. The minimum absolute atomic E-state index is 0.267. The standard InChI is InChI=1S/C27H23FN6O4/c1-36-23-12-11-21(13-24(23)37-2)31-27(35)30-20-9-3-17(4-10-20)14-34-15-22(29-16-34)26-32-25(33-38-26)18-5-7-19(28)8-6-18/h3-13,15-16H,14H2,1-2H3,(H2,30,31,35). The van der Waals surface area contributed by atoms with Gasteiger partial charge in [0, 0.05) is 35.7 Å². The van der Waals surface area contributed by atoms with Crippen molar-refractivity contribution in [1.29, 1.82) is 0 Å². The first-order valence-corrected chi connectivity index (χ1v) is 11.5. The van der Waals surface area contributed by atoms with E-state index in [4.69, 9.17) is 14.0 Å². The summed E-state index contributed by atoms with van der Waals surface area (Å²) in [4.78, 5) is 21.1. The van der Waals surface area contributed by atoms with Gasteiger partial charge in [-0.2, -0.15) is 4.98 Å². The van der Waals surface area contributed by atoms with Gasteiger partial charge in [-0.3, -0.25) is 0 Å². The molecule has 5 aromatic rings. The van der Waals surface area contributed by atoms with E-state index in [-0.39, 0.29) is 17.7 Å². The number of carbonyl (C=O) groups is 1. The summed E-state index contributed by atoms with van der Waals surface area (Å²) in [7, 11) is 3.08. The van der Waals surface area contributed by atoms with Crippen LogP contribution in [0.25, 0.3) is 23.0 Å². The number of nitrogens with zero attached hydrogens (tertiary/aromatic N) is 4. The Morgan fingerprint density at radius 3 is 2.39 bits per heavy atom. The second-order valence-corrected chi connectivity index (χ2v) is 8.21. The first-order valence-electron chi connectivity index (χ1n) is 11.5. The molecule has 0 radical (unpaired) electrons. The van der Waals surface area contributed by atoms with Crippen molar-refractivity contribution < 1.29 is 23.2 Å². The van der Waals surface area contributed by atoms with Gasteiger partial charge >= 0.3 is 6.03 Å². The topological polar surface area (TPSA) is 116 Å². The van der Waals surface area contributed by atoms with Gasteiger partial charge in [-0.05, 0) is 54.1 Å². The van der Waals surface area contributed by atoms with Crippen molar-refractivity contribution in [3.63, 3.8) is 0 Å². The van der Waals surface area contributed by atoms with Crippen molar-refractivity contribution in [1.82, 2.24) is 19.7 Å². The van der Waals surface area contributed by atoms with Gasteiger partial charge in [0.15, 0.2) is 11.5 Å². The maximum absolute atomic E-state index is 13.2. The van der Waals surface area contributed by atoms with Crippen LogP contribution in [0.2, 0.25) is 0 Å². The number of carbonyl (C=O) groups excluding carboxylic acids is 1. The molecule has 0 saturated heterocycles. The molecule has 2 amide bonds. The molecule has 0 fully saturated rings. The fourth-order valence-corrected chi connectivity index (χ4v) is 3.71. The lowest BCUT2D eigenvalue weighted by atomic mass is 10.2. The van der Waals surface area contributed by atoms with Crippen LogP contribution < -0.4 is 20.1 Å². The Morgan fingerprint density at radius 2 is 1.66 bits per heavy atom. The van der Waals surface area contributed by atoms with Crippen molar-refractivity contribution in [2.45, 2.75) is 6.54 Å². The van der Waals surface area contributed by atoms with Crippen molar-refractivity contribution in [2.75, 3.05) is 24.9 Å². The van der Waals surface area contributed by atoms with E-state index in [1.807, 2.05) is 28.8 Å².